The lowest BCUT2D eigenvalue weighted by atomic mass is 10.00. The summed E-state index contributed by atoms with van der Waals surface area (Å²) in [5, 5.41) is 8.48. The van der Waals surface area contributed by atoms with Crippen LogP contribution in [0.25, 0.3) is 0 Å². The molecule has 14 nitrogen and oxygen atoms in total. The van der Waals surface area contributed by atoms with Crippen molar-refractivity contribution in [1.29, 1.82) is 0 Å². The highest BCUT2D eigenvalue weighted by atomic mass is 16.6. The van der Waals surface area contributed by atoms with Gasteiger partial charge in [0.15, 0.2) is 0 Å². The molecule has 0 radical (unpaired) electrons. The third-order valence-electron chi connectivity index (χ3n) is 6.01. The van der Waals surface area contributed by atoms with E-state index >= 15 is 0 Å². The number of carboxylic acids is 1. The van der Waals surface area contributed by atoms with Crippen molar-refractivity contribution >= 4 is 11.9 Å². The summed E-state index contributed by atoms with van der Waals surface area (Å²) < 4.78 is 59.3. The molecule has 1 unspecified atom stereocenters. The van der Waals surface area contributed by atoms with Crippen LogP contribution in [0.15, 0.2) is 0 Å². The van der Waals surface area contributed by atoms with Crippen molar-refractivity contribution in [2.75, 3.05) is 139 Å². The summed E-state index contributed by atoms with van der Waals surface area (Å²) in [6, 6.07) is 0. The van der Waals surface area contributed by atoms with E-state index in [-0.39, 0.29) is 31.5 Å². The molecule has 1 N–H and O–H groups in total. The first-order chi connectivity index (χ1) is 22.1. The number of ether oxygens (including phenoxy) is 11. The molecule has 0 aliphatic heterocycles. The van der Waals surface area contributed by atoms with Crippen LogP contribution < -0.4 is 0 Å². The maximum absolute atomic E-state index is 12.0. The van der Waals surface area contributed by atoms with Crippen molar-refractivity contribution in [2.24, 2.45) is 5.92 Å². The van der Waals surface area contributed by atoms with Gasteiger partial charge in [0.25, 0.3) is 0 Å². The molecule has 0 saturated carbocycles. The van der Waals surface area contributed by atoms with E-state index in [1.54, 1.807) is 0 Å². The Morgan fingerprint density at radius 1 is 0.467 bits per heavy atom. The molecule has 0 amide bonds. The van der Waals surface area contributed by atoms with Crippen LogP contribution in [0.5, 0.6) is 0 Å². The number of rotatable bonds is 38. The number of carboxylic acid groups (broad SMARTS) is 1. The molecule has 0 aliphatic rings. The third kappa shape index (κ3) is 35.2. The van der Waals surface area contributed by atoms with Gasteiger partial charge in [0.1, 0.15) is 6.61 Å². The van der Waals surface area contributed by atoms with Crippen LogP contribution in [0, 0.1) is 5.92 Å². The zero-order valence-corrected chi connectivity index (χ0v) is 27.7. The second kappa shape index (κ2) is 37.0. The number of unbranched alkanes of at least 4 members (excludes halogenated alkanes) is 1. The van der Waals surface area contributed by atoms with Gasteiger partial charge in [-0.05, 0) is 12.8 Å². The summed E-state index contributed by atoms with van der Waals surface area (Å²) in [7, 11) is 0. The summed E-state index contributed by atoms with van der Waals surface area (Å²) in [6.45, 7) is 13.3. The van der Waals surface area contributed by atoms with Gasteiger partial charge in [-0.3, -0.25) is 9.59 Å². The summed E-state index contributed by atoms with van der Waals surface area (Å²) in [5.74, 6) is -1.01. The lowest BCUT2D eigenvalue weighted by molar-refractivity contribution is -0.150. The SMILES string of the molecule is CCCCC(CC)C(=O)OCCOCCOCCOCCOCCOCCOCCOCCOCCOCCOCCC(=O)O. The highest BCUT2D eigenvalue weighted by molar-refractivity contribution is 5.72. The molecule has 0 heterocycles. The Labute approximate surface area is 269 Å². The number of esters is 1. The van der Waals surface area contributed by atoms with Gasteiger partial charge < -0.3 is 57.2 Å². The van der Waals surface area contributed by atoms with Crippen LogP contribution in [0.4, 0.5) is 0 Å². The Kier molecular flexibility index (Phi) is 35.8. The number of aliphatic carboxylic acids is 1. The number of carbonyl (C=O) groups excluding carboxylic acids is 1. The summed E-state index contributed by atoms with van der Waals surface area (Å²) in [6.07, 6.45) is 3.81. The predicted octanol–water partition coefficient (Wildman–Crippen LogP) is 2.39. The molecule has 0 saturated heterocycles. The van der Waals surface area contributed by atoms with E-state index in [0.717, 1.165) is 25.7 Å². The Morgan fingerprint density at radius 2 is 0.756 bits per heavy atom. The second-order valence-electron chi connectivity index (χ2n) is 9.68. The molecule has 268 valence electrons. The Hall–Kier alpha value is -1.46. The monoisotopic (exact) mass is 656 g/mol. The van der Waals surface area contributed by atoms with Gasteiger partial charge >= 0.3 is 11.9 Å². The maximum Gasteiger partial charge on any atom is 0.308 e. The Balaban J connectivity index is 3.15. The Bertz CT molecular complexity index is 625. The van der Waals surface area contributed by atoms with Crippen LogP contribution >= 0.6 is 0 Å². The molecule has 1 atom stereocenters. The van der Waals surface area contributed by atoms with E-state index < -0.39 is 5.97 Å². The summed E-state index contributed by atoms with van der Waals surface area (Å²) >= 11 is 0. The fourth-order valence-electron chi connectivity index (χ4n) is 3.50. The fraction of sp³-hybridized carbons (Fsp3) is 0.935. The van der Waals surface area contributed by atoms with E-state index in [4.69, 9.17) is 57.2 Å². The molecule has 0 spiro atoms. The summed E-state index contributed by atoms with van der Waals surface area (Å²) in [4.78, 5) is 22.3. The van der Waals surface area contributed by atoms with Crippen molar-refractivity contribution in [2.45, 2.75) is 46.0 Å². The van der Waals surface area contributed by atoms with Gasteiger partial charge in [0, 0.05) is 0 Å². The van der Waals surface area contributed by atoms with Crippen molar-refractivity contribution < 1.29 is 66.8 Å². The molecule has 0 aromatic heterocycles. The topological polar surface area (TPSA) is 156 Å². The smallest absolute Gasteiger partial charge is 0.308 e. The van der Waals surface area contributed by atoms with Crippen LogP contribution in [-0.4, -0.2) is 156 Å². The molecule has 0 aromatic carbocycles. The molecule has 0 fully saturated rings. The minimum Gasteiger partial charge on any atom is -0.481 e. The first-order valence-corrected chi connectivity index (χ1v) is 16.3. The minimum atomic E-state index is -0.876. The lowest BCUT2D eigenvalue weighted by Gasteiger charge is -2.13. The molecule has 0 aromatic rings. The van der Waals surface area contributed by atoms with E-state index in [1.165, 1.54) is 0 Å². The highest BCUT2D eigenvalue weighted by Crippen LogP contribution is 2.14. The number of carbonyl (C=O) groups is 2. The zero-order valence-electron chi connectivity index (χ0n) is 27.7. The standard InChI is InChI=1S/C31H60O14/c1-3-5-6-29(4-2)31(34)45-28-27-44-26-25-43-24-23-42-22-21-41-20-19-40-18-17-39-16-15-38-14-13-37-12-11-36-10-9-35-8-7-30(32)33/h29H,3-28H2,1-2H3,(H,32,33). The van der Waals surface area contributed by atoms with Crippen molar-refractivity contribution in [3.8, 4) is 0 Å². The normalized spacial score (nSPS) is 12.0. The molecular weight excluding hydrogens is 596 g/mol. The molecular formula is C31H60O14. The van der Waals surface area contributed by atoms with E-state index in [0.29, 0.717) is 126 Å². The van der Waals surface area contributed by atoms with Crippen LogP contribution in [-0.2, 0) is 61.7 Å². The predicted molar refractivity (Wildman–Crippen MR) is 165 cm³/mol. The van der Waals surface area contributed by atoms with E-state index in [1.807, 2.05) is 6.92 Å². The molecule has 0 aliphatic carbocycles. The van der Waals surface area contributed by atoms with Crippen molar-refractivity contribution in [1.82, 2.24) is 0 Å². The van der Waals surface area contributed by atoms with Crippen LogP contribution in [0.1, 0.15) is 46.0 Å². The average molecular weight is 657 g/mol. The molecule has 0 rings (SSSR count). The molecule has 45 heavy (non-hydrogen) atoms. The van der Waals surface area contributed by atoms with Crippen LogP contribution in [0.2, 0.25) is 0 Å². The first-order valence-electron chi connectivity index (χ1n) is 16.3. The number of hydrogen-bond acceptors (Lipinski definition) is 13. The first kappa shape index (κ1) is 43.5. The third-order valence-corrected chi connectivity index (χ3v) is 6.01. The Morgan fingerprint density at radius 3 is 1.02 bits per heavy atom. The van der Waals surface area contributed by atoms with Crippen LogP contribution in [0.3, 0.4) is 0 Å². The van der Waals surface area contributed by atoms with Crippen molar-refractivity contribution in [3.63, 3.8) is 0 Å². The van der Waals surface area contributed by atoms with Gasteiger partial charge in [-0.1, -0.05) is 26.7 Å². The van der Waals surface area contributed by atoms with Gasteiger partial charge in [-0.15, -0.1) is 0 Å². The minimum absolute atomic E-state index is 0.00420. The van der Waals surface area contributed by atoms with E-state index in [2.05, 4.69) is 6.92 Å². The summed E-state index contributed by atoms with van der Waals surface area (Å²) in [5.41, 5.74) is 0. The molecule has 14 heteroatoms. The van der Waals surface area contributed by atoms with Gasteiger partial charge in [0.05, 0.1) is 144 Å². The fourth-order valence-corrected chi connectivity index (χ4v) is 3.50. The number of hydrogen-bond donors (Lipinski definition) is 1. The highest BCUT2D eigenvalue weighted by Gasteiger charge is 2.16. The largest absolute Gasteiger partial charge is 0.481 e. The average Bonchev–Trinajstić information content (AvgIpc) is 3.03. The lowest BCUT2D eigenvalue weighted by Crippen LogP contribution is -2.20. The van der Waals surface area contributed by atoms with Crippen molar-refractivity contribution in [3.05, 3.63) is 0 Å². The van der Waals surface area contributed by atoms with Gasteiger partial charge in [0.2, 0.25) is 0 Å². The second-order valence-corrected chi connectivity index (χ2v) is 9.68. The zero-order chi connectivity index (χ0) is 32.9. The quantitative estimate of drug-likeness (QED) is 0.0763. The maximum atomic E-state index is 12.0. The van der Waals surface area contributed by atoms with Gasteiger partial charge in [-0.2, -0.15) is 0 Å². The molecule has 0 bridgehead atoms. The van der Waals surface area contributed by atoms with Gasteiger partial charge in [-0.25, -0.2) is 0 Å². The van der Waals surface area contributed by atoms with E-state index in [9.17, 15) is 9.59 Å².